The molecule has 0 spiro atoms. The molecule has 0 saturated carbocycles. The molecule has 2 rings (SSSR count). The van der Waals surface area contributed by atoms with Crippen molar-refractivity contribution >= 4 is 5.96 Å². The Balaban J connectivity index is 1.96. The summed E-state index contributed by atoms with van der Waals surface area (Å²) in [5.41, 5.74) is 2.46. The molecule has 1 unspecified atom stereocenters. The van der Waals surface area contributed by atoms with Crippen molar-refractivity contribution in [3.8, 4) is 0 Å². The molecule has 1 aromatic heterocycles. The number of guanidine groups is 1. The third-order valence-electron chi connectivity index (χ3n) is 5.16. The van der Waals surface area contributed by atoms with Crippen LogP contribution in [-0.4, -0.2) is 65.3 Å². The minimum atomic E-state index is 0.429. The van der Waals surface area contributed by atoms with Gasteiger partial charge in [0.15, 0.2) is 5.96 Å². The zero-order valence-corrected chi connectivity index (χ0v) is 18.3. The molecule has 1 aliphatic heterocycles. The van der Waals surface area contributed by atoms with Gasteiger partial charge in [-0.25, -0.2) is 0 Å². The van der Waals surface area contributed by atoms with Gasteiger partial charge in [0.1, 0.15) is 0 Å². The maximum absolute atomic E-state index is 4.93. The second-order valence-corrected chi connectivity index (χ2v) is 8.39. The molecule has 2 heterocycles. The average Bonchev–Trinajstić information content (AvgIpc) is 3.00. The van der Waals surface area contributed by atoms with Crippen molar-refractivity contribution in [2.75, 3.05) is 39.8 Å². The number of likely N-dealkylation sites (tertiary alicyclic amines) is 1. The predicted molar refractivity (Wildman–Crippen MR) is 114 cm³/mol. The highest BCUT2D eigenvalue weighted by Gasteiger charge is 2.16. The Hall–Kier alpha value is -1.56. The van der Waals surface area contributed by atoms with E-state index in [-0.39, 0.29) is 0 Å². The Bertz CT molecular complexity index is 585. The Morgan fingerprint density at radius 3 is 2.59 bits per heavy atom. The molecule has 1 fully saturated rings. The Morgan fingerprint density at radius 2 is 1.96 bits per heavy atom. The standard InChI is InChI=1S/C21H40N6/c1-7-22-21(23-13-18(4)14-27-11-9-8-10-12-27)25(5)15-19-16-26(6)24-20(19)17(2)3/h16-18H,7-15H2,1-6H3,(H,22,23). The molecule has 0 aliphatic carbocycles. The molecule has 1 aliphatic rings. The lowest BCUT2D eigenvalue weighted by Crippen LogP contribution is -2.39. The fourth-order valence-electron chi connectivity index (χ4n) is 3.85. The zero-order chi connectivity index (χ0) is 19.8. The van der Waals surface area contributed by atoms with Crippen molar-refractivity contribution in [3.63, 3.8) is 0 Å². The molecule has 1 N–H and O–H groups in total. The number of hydrogen-bond donors (Lipinski definition) is 1. The maximum Gasteiger partial charge on any atom is 0.193 e. The van der Waals surface area contributed by atoms with Crippen molar-refractivity contribution in [1.29, 1.82) is 0 Å². The van der Waals surface area contributed by atoms with E-state index in [4.69, 9.17) is 4.99 Å². The zero-order valence-electron chi connectivity index (χ0n) is 18.3. The quantitative estimate of drug-likeness (QED) is 0.560. The topological polar surface area (TPSA) is 48.7 Å². The number of rotatable bonds is 8. The van der Waals surface area contributed by atoms with Crippen LogP contribution in [0.25, 0.3) is 0 Å². The molecule has 0 radical (unpaired) electrons. The summed E-state index contributed by atoms with van der Waals surface area (Å²) in [6, 6.07) is 0. The van der Waals surface area contributed by atoms with Crippen LogP contribution in [0.3, 0.4) is 0 Å². The van der Waals surface area contributed by atoms with Crippen molar-refractivity contribution in [3.05, 3.63) is 17.5 Å². The van der Waals surface area contributed by atoms with Gasteiger partial charge in [0.2, 0.25) is 0 Å². The van der Waals surface area contributed by atoms with E-state index in [0.717, 1.165) is 32.1 Å². The van der Waals surface area contributed by atoms with E-state index in [2.05, 4.69) is 61.2 Å². The summed E-state index contributed by atoms with van der Waals surface area (Å²) in [6.45, 7) is 15.1. The summed E-state index contributed by atoms with van der Waals surface area (Å²) >= 11 is 0. The fourth-order valence-corrected chi connectivity index (χ4v) is 3.85. The maximum atomic E-state index is 4.93. The number of aromatic nitrogens is 2. The molecule has 0 bridgehead atoms. The van der Waals surface area contributed by atoms with Crippen LogP contribution in [0.2, 0.25) is 0 Å². The van der Waals surface area contributed by atoms with Gasteiger partial charge in [-0.05, 0) is 44.7 Å². The van der Waals surface area contributed by atoms with Crippen LogP contribution in [-0.2, 0) is 13.6 Å². The SMILES string of the molecule is CCNC(=NCC(C)CN1CCCCC1)N(C)Cc1cn(C)nc1C(C)C. The fraction of sp³-hybridized carbons (Fsp3) is 0.810. The highest BCUT2D eigenvalue weighted by Crippen LogP contribution is 2.18. The van der Waals surface area contributed by atoms with E-state index >= 15 is 0 Å². The van der Waals surface area contributed by atoms with E-state index in [9.17, 15) is 0 Å². The first-order valence-corrected chi connectivity index (χ1v) is 10.6. The summed E-state index contributed by atoms with van der Waals surface area (Å²) in [4.78, 5) is 9.76. The second-order valence-electron chi connectivity index (χ2n) is 8.39. The lowest BCUT2D eigenvalue weighted by atomic mass is 10.1. The largest absolute Gasteiger partial charge is 0.357 e. The molecule has 1 atom stereocenters. The molecule has 1 aromatic rings. The van der Waals surface area contributed by atoms with Crippen LogP contribution in [0, 0.1) is 5.92 Å². The Kier molecular flexibility index (Phi) is 8.61. The number of aryl methyl sites for hydroxylation is 1. The Labute approximate surface area is 166 Å². The molecule has 154 valence electrons. The van der Waals surface area contributed by atoms with Crippen molar-refractivity contribution in [1.82, 2.24) is 24.9 Å². The van der Waals surface area contributed by atoms with E-state index in [1.807, 2.05) is 11.7 Å². The number of aliphatic imine (C=N–C) groups is 1. The van der Waals surface area contributed by atoms with Gasteiger partial charge in [0.25, 0.3) is 0 Å². The molecule has 27 heavy (non-hydrogen) atoms. The van der Waals surface area contributed by atoms with Crippen LogP contribution < -0.4 is 5.32 Å². The van der Waals surface area contributed by atoms with Crippen LogP contribution in [0.5, 0.6) is 0 Å². The van der Waals surface area contributed by atoms with Crippen LogP contribution >= 0.6 is 0 Å². The van der Waals surface area contributed by atoms with Gasteiger partial charge in [-0.3, -0.25) is 9.67 Å². The van der Waals surface area contributed by atoms with Gasteiger partial charge >= 0.3 is 0 Å². The molecule has 6 nitrogen and oxygen atoms in total. The lowest BCUT2D eigenvalue weighted by Gasteiger charge is -2.29. The second kappa shape index (κ2) is 10.7. The van der Waals surface area contributed by atoms with E-state index in [1.54, 1.807) is 0 Å². The van der Waals surface area contributed by atoms with E-state index in [0.29, 0.717) is 11.8 Å². The number of nitrogens with zero attached hydrogens (tertiary/aromatic N) is 5. The van der Waals surface area contributed by atoms with Crippen LogP contribution in [0.1, 0.15) is 64.1 Å². The summed E-state index contributed by atoms with van der Waals surface area (Å²) in [7, 11) is 4.12. The molecular formula is C21H40N6. The molecule has 1 saturated heterocycles. The Morgan fingerprint density at radius 1 is 1.26 bits per heavy atom. The molecular weight excluding hydrogens is 336 g/mol. The molecule has 6 heteroatoms. The lowest BCUT2D eigenvalue weighted by molar-refractivity contribution is 0.202. The third kappa shape index (κ3) is 6.83. The predicted octanol–water partition coefficient (Wildman–Crippen LogP) is 3.06. The van der Waals surface area contributed by atoms with Crippen LogP contribution in [0.4, 0.5) is 0 Å². The average molecular weight is 377 g/mol. The van der Waals surface area contributed by atoms with Crippen LogP contribution in [0.15, 0.2) is 11.2 Å². The third-order valence-corrected chi connectivity index (χ3v) is 5.16. The molecule has 0 amide bonds. The number of hydrogen-bond acceptors (Lipinski definition) is 3. The monoisotopic (exact) mass is 376 g/mol. The van der Waals surface area contributed by atoms with Gasteiger partial charge in [0.05, 0.1) is 5.69 Å². The summed E-state index contributed by atoms with van der Waals surface area (Å²) in [6.07, 6.45) is 6.23. The normalized spacial score (nSPS) is 17.4. The van der Waals surface area contributed by atoms with E-state index < -0.39 is 0 Å². The number of nitrogens with one attached hydrogen (secondary N) is 1. The number of piperidine rings is 1. The minimum absolute atomic E-state index is 0.429. The van der Waals surface area contributed by atoms with Crippen molar-refractivity contribution in [2.45, 2.75) is 59.4 Å². The van der Waals surface area contributed by atoms with Gasteiger partial charge in [-0.15, -0.1) is 0 Å². The van der Waals surface area contributed by atoms with Gasteiger partial charge in [0, 0.05) is 52.0 Å². The van der Waals surface area contributed by atoms with E-state index in [1.165, 1.54) is 43.6 Å². The first-order valence-electron chi connectivity index (χ1n) is 10.6. The van der Waals surface area contributed by atoms with Crippen molar-refractivity contribution < 1.29 is 0 Å². The highest BCUT2D eigenvalue weighted by atomic mass is 15.3. The molecule has 0 aromatic carbocycles. The minimum Gasteiger partial charge on any atom is -0.357 e. The first kappa shape index (κ1) is 21.7. The summed E-state index contributed by atoms with van der Waals surface area (Å²) < 4.78 is 1.92. The van der Waals surface area contributed by atoms with Gasteiger partial charge in [-0.2, -0.15) is 5.10 Å². The van der Waals surface area contributed by atoms with Crippen molar-refractivity contribution in [2.24, 2.45) is 18.0 Å². The first-order chi connectivity index (χ1) is 12.9. The van der Waals surface area contributed by atoms with Gasteiger partial charge < -0.3 is 15.1 Å². The summed E-state index contributed by atoms with van der Waals surface area (Å²) in [5.74, 6) is 2.00. The smallest absolute Gasteiger partial charge is 0.193 e. The summed E-state index contributed by atoms with van der Waals surface area (Å²) in [5, 5.41) is 8.08. The highest BCUT2D eigenvalue weighted by molar-refractivity contribution is 5.79. The van der Waals surface area contributed by atoms with Gasteiger partial charge in [-0.1, -0.05) is 27.2 Å².